The predicted molar refractivity (Wildman–Crippen MR) is 75.6 cm³/mol. The molecular formula is C14H26N2O4. The van der Waals surface area contributed by atoms with Crippen molar-refractivity contribution >= 4 is 12.0 Å². The second-order valence-electron chi connectivity index (χ2n) is 6.23. The van der Waals surface area contributed by atoms with Gasteiger partial charge in [0, 0.05) is 19.7 Å². The van der Waals surface area contributed by atoms with E-state index in [-0.39, 0.29) is 12.1 Å². The van der Waals surface area contributed by atoms with Crippen LogP contribution in [0.15, 0.2) is 0 Å². The highest BCUT2D eigenvalue weighted by atomic mass is 16.5. The summed E-state index contributed by atoms with van der Waals surface area (Å²) < 4.78 is 5.53. The van der Waals surface area contributed by atoms with Gasteiger partial charge < -0.3 is 20.1 Å². The van der Waals surface area contributed by atoms with Gasteiger partial charge in [0.1, 0.15) is 6.04 Å². The van der Waals surface area contributed by atoms with E-state index in [4.69, 9.17) is 4.74 Å². The van der Waals surface area contributed by atoms with Crippen LogP contribution in [0.1, 0.15) is 40.5 Å². The molecule has 1 aliphatic heterocycles. The molecule has 0 saturated carbocycles. The number of rotatable bonds is 4. The average Bonchev–Trinajstić information content (AvgIpc) is 2.35. The first kappa shape index (κ1) is 16.8. The van der Waals surface area contributed by atoms with Crippen LogP contribution >= 0.6 is 0 Å². The maximum absolute atomic E-state index is 12.1. The van der Waals surface area contributed by atoms with Gasteiger partial charge in [0.2, 0.25) is 0 Å². The second kappa shape index (κ2) is 6.92. The van der Waals surface area contributed by atoms with Crippen LogP contribution in [0, 0.1) is 5.41 Å². The highest BCUT2D eigenvalue weighted by Crippen LogP contribution is 2.20. The number of hydrogen-bond donors (Lipinski definition) is 2. The van der Waals surface area contributed by atoms with Gasteiger partial charge in [0.15, 0.2) is 0 Å². The molecule has 2 amide bonds. The molecular weight excluding hydrogens is 260 g/mol. The number of carboxylic acids is 1. The molecule has 116 valence electrons. The molecule has 6 heteroatoms. The first-order valence-electron chi connectivity index (χ1n) is 7.15. The van der Waals surface area contributed by atoms with Crippen molar-refractivity contribution in [2.75, 3.05) is 19.7 Å². The molecule has 0 aliphatic carbocycles. The molecule has 0 bridgehead atoms. The fraction of sp³-hybridized carbons (Fsp3) is 0.857. The lowest BCUT2D eigenvalue weighted by molar-refractivity contribution is -0.142. The maximum Gasteiger partial charge on any atom is 0.326 e. The number of amides is 2. The van der Waals surface area contributed by atoms with Gasteiger partial charge in [-0.2, -0.15) is 0 Å². The quantitative estimate of drug-likeness (QED) is 0.824. The zero-order valence-corrected chi connectivity index (χ0v) is 12.8. The van der Waals surface area contributed by atoms with Crippen LogP contribution in [-0.4, -0.2) is 53.8 Å². The predicted octanol–water partition coefficient (Wildman–Crippen LogP) is 1.70. The Labute approximate surface area is 120 Å². The van der Waals surface area contributed by atoms with E-state index >= 15 is 0 Å². The Bertz CT molecular complexity index is 344. The first-order valence-corrected chi connectivity index (χ1v) is 7.15. The maximum atomic E-state index is 12.1. The van der Waals surface area contributed by atoms with Crippen molar-refractivity contribution in [3.05, 3.63) is 0 Å². The van der Waals surface area contributed by atoms with Crippen molar-refractivity contribution in [2.45, 2.75) is 52.7 Å². The largest absolute Gasteiger partial charge is 0.480 e. The van der Waals surface area contributed by atoms with Gasteiger partial charge in [-0.05, 0) is 25.2 Å². The third-order valence-electron chi connectivity index (χ3n) is 3.51. The van der Waals surface area contributed by atoms with E-state index in [2.05, 4.69) is 5.32 Å². The highest BCUT2D eigenvalue weighted by Gasteiger charge is 2.34. The van der Waals surface area contributed by atoms with Gasteiger partial charge in [0.05, 0.1) is 6.10 Å². The van der Waals surface area contributed by atoms with E-state index in [1.165, 1.54) is 0 Å². The molecule has 20 heavy (non-hydrogen) atoms. The van der Waals surface area contributed by atoms with E-state index < -0.39 is 17.4 Å². The van der Waals surface area contributed by atoms with Gasteiger partial charge in [-0.15, -0.1) is 0 Å². The Balaban J connectivity index is 2.53. The van der Waals surface area contributed by atoms with Gasteiger partial charge in [-0.3, -0.25) is 0 Å². The second-order valence-corrected chi connectivity index (χ2v) is 6.23. The van der Waals surface area contributed by atoms with Crippen molar-refractivity contribution in [1.82, 2.24) is 10.2 Å². The van der Waals surface area contributed by atoms with Gasteiger partial charge in [-0.25, -0.2) is 9.59 Å². The number of aliphatic carboxylic acids is 1. The Morgan fingerprint density at radius 3 is 2.30 bits per heavy atom. The van der Waals surface area contributed by atoms with E-state index in [9.17, 15) is 14.7 Å². The molecule has 2 N–H and O–H groups in total. The van der Waals surface area contributed by atoms with Crippen LogP contribution in [0.5, 0.6) is 0 Å². The molecule has 6 nitrogen and oxygen atoms in total. The number of ether oxygens (including phenoxy) is 1. The van der Waals surface area contributed by atoms with Crippen molar-refractivity contribution in [3.63, 3.8) is 0 Å². The summed E-state index contributed by atoms with van der Waals surface area (Å²) in [5.74, 6) is -1.00. The lowest BCUT2D eigenvalue weighted by Gasteiger charge is -2.34. The summed E-state index contributed by atoms with van der Waals surface area (Å²) in [7, 11) is 0. The number of carbonyl (C=O) groups is 2. The minimum atomic E-state index is -1.00. The topological polar surface area (TPSA) is 78.9 Å². The van der Waals surface area contributed by atoms with E-state index in [1.807, 2.05) is 6.92 Å². The highest BCUT2D eigenvalue weighted by molar-refractivity contribution is 5.83. The number of likely N-dealkylation sites (tertiary alicyclic amines) is 1. The molecule has 0 aromatic carbocycles. The number of carboxylic acid groups (broad SMARTS) is 1. The van der Waals surface area contributed by atoms with Crippen molar-refractivity contribution < 1.29 is 19.4 Å². The van der Waals surface area contributed by atoms with E-state index in [0.29, 0.717) is 19.7 Å². The smallest absolute Gasteiger partial charge is 0.326 e. The molecule has 0 spiro atoms. The monoisotopic (exact) mass is 286 g/mol. The summed E-state index contributed by atoms with van der Waals surface area (Å²) in [5.41, 5.74) is -0.523. The van der Waals surface area contributed by atoms with Crippen LogP contribution in [0.25, 0.3) is 0 Å². The van der Waals surface area contributed by atoms with Gasteiger partial charge >= 0.3 is 12.0 Å². The Morgan fingerprint density at radius 1 is 1.35 bits per heavy atom. The van der Waals surface area contributed by atoms with Gasteiger partial charge in [-0.1, -0.05) is 20.8 Å². The molecule has 1 rings (SSSR count). The molecule has 1 heterocycles. The van der Waals surface area contributed by atoms with Gasteiger partial charge in [0.25, 0.3) is 0 Å². The van der Waals surface area contributed by atoms with Crippen molar-refractivity contribution in [3.8, 4) is 0 Å². The lowest BCUT2D eigenvalue weighted by atomic mass is 9.87. The Kier molecular flexibility index (Phi) is 5.80. The standard InChI is InChI=1S/C14H26N2O4/c1-5-20-10-6-8-16(9-7-10)13(19)15-11(12(17)18)14(2,3)4/h10-11H,5-9H2,1-4H3,(H,15,19)(H,17,18)/t11-/m0/s1. The number of piperidine rings is 1. The summed E-state index contributed by atoms with van der Waals surface area (Å²) in [6.07, 6.45) is 1.81. The summed E-state index contributed by atoms with van der Waals surface area (Å²) >= 11 is 0. The van der Waals surface area contributed by atoms with E-state index in [1.54, 1.807) is 25.7 Å². The third-order valence-corrected chi connectivity index (χ3v) is 3.51. The summed E-state index contributed by atoms with van der Waals surface area (Å²) in [6.45, 7) is 9.25. The summed E-state index contributed by atoms with van der Waals surface area (Å²) in [5, 5.41) is 11.8. The number of nitrogens with one attached hydrogen (secondary N) is 1. The molecule has 0 aromatic heterocycles. The number of urea groups is 1. The molecule has 0 aromatic rings. The molecule has 0 radical (unpaired) electrons. The molecule has 0 unspecified atom stereocenters. The average molecular weight is 286 g/mol. The SMILES string of the molecule is CCOC1CCN(C(=O)N[C@@H](C(=O)O)C(C)(C)C)CC1. The summed E-state index contributed by atoms with van der Waals surface area (Å²) in [4.78, 5) is 25.0. The molecule has 1 fully saturated rings. The van der Waals surface area contributed by atoms with Crippen LogP contribution in [0.2, 0.25) is 0 Å². The zero-order chi connectivity index (χ0) is 15.3. The fourth-order valence-electron chi connectivity index (χ4n) is 2.32. The number of hydrogen-bond acceptors (Lipinski definition) is 3. The fourth-order valence-corrected chi connectivity index (χ4v) is 2.32. The number of carbonyl (C=O) groups excluding carboxylic acids is 1. The first-order chi connectivity index (χ1) is 9.25. The number of nitrogens with zero attached hydrogens (tertiary/aromatic N) is 1. The van der Waals surface area contributed by atoms with Crippen LogP contribution in [0.4, 0.5) is 4.79 Å². The minimum Gasteiger partial charge on any atom is -0.480 e. The van der Waals surface area contributed by atoms with Crippen molar-refractivity contribution in [2.24, 2.45) is 5.41 Å². The summed E-state index contributed by atoms with van der Waals surface area (Å²) in [6, 6.07) is -1.19. The van der Waals surface area contributed by atoms with Crippen LogP contribution < -0.4 is 5.32 Å². The Hall–Kier alpha value is -1.30. The van der Waals surface area contributed by atoms with Crippen molar-refractivity contribution in [1.29, 1.82) is 0 Å². The molecule has 1 aliphatic rings. The normalized spacial score (nSPS) is 18.7. The van der Waals surface area contributed by atoms with Crippen LogP contribution in [-0.2, 0) is 9.53 Å². The zero-order valence-electron chi connectivity index (χ0n) is 12.8. The lowest BCUT2D eigenvalue weighted by Crippen LogP contribution is -2.55. The minimum absolute atomic E-state index is 0.210. The third kappa shape index (κ3) is 4.67. The van der Waals surface area contributed by atoms with Crippen LogP contribution in [0.3, 0.4) is 0 Å². The molecule has 1 atom stereocenters. The van der Waals surface area contributed by atoms with E-state index in [0.717, 1.165) is 12.8 Å². The molecule has 1 saturated heterocycles. The Morgan fingerprint density at radius 2 is 1.90 bits per heavy atom.